The van der Waals surface area contributed by atoms with Crippen LogP contribution in [0.3, 0.4) is 0 Å². The highest BCUT2D eigenvalue weighted by Gasteiger charge is 2.45. The summed E-state index contributed by atoms with van der Waals surface area (Å²) in [5, 5.41) is 25.1. The highest BCUT2D eigenvalue weighted by molar-refractivity contribution is 7.20. The van der Waals surface area contributed by atoms with Crippen LogP contribution < -0.4 is 10.1 Å². The minimum atomic E-state index is -1.18. The van der Waals surface area contributed by atoms with E-state index in [1.807, 2.05) is 24.3 Å². The van der Waals surface area contributed by atoms with Crippen LogP contribution in [-0.4, -0.2) is 78.9 Å². The quantitative estimate of drug-likeness (QED) is 0.379. The fraction of sp³-hybridized carbons (Fsp3) is 0.429. The molecule has 5 atom stereocenters. The first-order chi connectivity index (χ1) is 16.2. The van der Waals surface area contributed by atoms with E-state index in [2.05, 4.69) is 25.3 Å². The number of ether oxygens (including phenoxy) is 3. The maximum Gasteiger partial charge on any atom is 0.274 e. The molecule has 2 aliphatic rings. The average Bonchev–Trinajstić information content (AvgIpc) is 3.61. The molecule has 2 fully saturated rings. The molecule has 33 heavy (non-hydrogen) atoms. The lowest BCUT2D eigenvalue weighted by atomic mass is 10.1. The molecule has 0 radical (unpaired) electrons. The van der Waals surface area contributed by atoms with Gasteiger partial charge in [-0.25, -0.2) is 19.9 Å². The Hall–Kier alpha value is -2.90. The predicted octanol–water partition coefficient (Wildman–Crippen LogP) is 1.33. The molecule has 1 aromatic carbocycles. The lowest BCUT2D eigenvalue weighted by Gasteiger charge is -2.17. The standard InChI is InChI=1S/C21H22N6O5S/c28-16-13(8-31-21-26-12-3-1-2-4-14(12)33-21)32-20(17(16)29)27-10-24-15-18(22-9-23-19(15)27)25-11-5-6-30-7-11/h1-4,9-11,13,16-17,20,28-29H,5-8H2,(H,22,23,25)/t11?,13-,16+,17+,20-/m1/s1. The van der Waals surface area contributed by atoms with Crippen LogP contribution in [0.15, 0.2) is 36.9 Å². The zero-order valence-corrected chi connectivity index (χ0v) is 18.3. The third-order valence-corrected chi connectivity index (χ3v) is 6.83. The second-order valence-electron chi connectivity index (χ2n) is 8.06. The van der Waals surface area contributed by atoms with Crippen LogP contribution in [0.1, 0.15) is 12.6 Å². The van der Waals surface area contributed by atoms with E-state index >= 15 is 0 Å². The molecule has 12 heteroatoms. The number of nitrogens with zero attached hydrogens (tertiary/aromatic N) is 5. The minimum Gasteiger partial charge on any atom is -0.467 e. The van der Waals surface area contributed by atoms with Crippen LogP contribution in [0.4, 0.5) is 5.82 Å². The van der Waals surface area contributed by atoms with Crippen molar-refractivity contribution in [2.24, 2.45) is 0 Å². The highest BCUT2D eigenvalue weighted by atomic mass is 32.1. The summed E-state index contributed by atoms with van der Waals surface area (Å²) in [6.45, 7) is 1.37. The van der Waals surface area contributed by atoms with E-state index in [9.17, 15) is 10.2 Å². The van der Waals surface area contributed by atoms with Gasteiger partial charge in [-0.1, -0.05) is 23.5 Å². The number of hydrogen-bond acceptors (Lipinski definition) is 11. The van der Waals surface area contributed by atoms with Gasteiger partial charge in [-0.3, -0.25) is 4.57 Å². The number of aromatic nitrogens is 5. The molecule has 172 valence electrons. The number of aliphatic hydroxyl groups excluding tert-OH is 2. The molecule has 2 aliphatic heterocycles. The zero-order chi connectivity index (χ0) is 22.4. The normalized spacial score (nSPS) is 27.5. The Bertz CT molecular complexity index is 1240. The Morgan fingerprint density at radius 3 is 2.94 bits per heavy atom. The van der Waals surface area contributed by atoms with Crippen molar-refractivity contribution in [1.29, 1.82) is 0 Å². The number of anilines is 1. The van der Waals surface area contributed by atoms with Gasteiger partial charge in [0.25, 0.3) is 5.19 Å². The van der Waals surface area contributed by atoms with Crippen molar-refractivity contribution < 1.29 is 24.4 Å². The van der Waals surface area contributed by atoms with E-state index in [1.54, 1.807) is 4.57 Å². The molecule has 5 heterocycles. The van der Waals surface area contributed by atoms with E-state index in [-0.39, 0.29) is 12.6 Å². The number of hydrogen-bond donors (Lipinski definition) is 3. The number of nitrogens with one attached hydrogen (secondary N) is 1. The first-order valence-electron chi connectivity index (χ1n) is 10.7. The second-order valence-corrected chi connectivity index (χ2v) is 9.05. The number of imidazole rings is 1. The first-order valence-corrected chi connectivity index (χ1v) is 11.5. The zero-order valence-electron chi connectivity index (χ0n) is 17.4. The summed E-state index contributed by atoms with van der Waals surface area (Å²) in [6, 6.07) is 7.89. The van der Waals surface area contributed by atoms with Crippen LogP contribution in [-0.2, 0) is 9.47 Å². The third-order valence-electron chi connectivity index (χ3n) is 5.89. The van der Waals surface area contributed by atoms with E-state index < -0.39 is 24.5 Å². The van der Waals surface area contributed by atoms with Crippen molar-refractivity contribution >= 4 is 38.5 Å². The lowest BCUT2D eigenvalue weighted by molar-refractivity contribution is -0.0474. The highest BCUT2D eigenvalue weighted by Crippen LogP contribution is 2.34. The molecule has 4 aromatic rings. The van der Waals surface area contributed by atoms with Crippen molar-refractivity contribution in [3.8, 4) is 5.19 Å². The molecule has 0 bridgehead atoms. The number of fused-ring (bicyclic) bond motifs is 2. The molecule has 1 unspecified atom stereocenters. The summed E-state index contributed by atoms with van der Waals surface area (Å²) in [5.74, 6) is 0.595. The van der Waals surface area contributed by atoms with E-state index in [4.69, 9.17) is 14.2 Å². The molecule has 6 rings (SSSR count). The van der Waals surface area contributed by atoms with Gasteiger partial charge in [0.05, 0.1) is 29.2 Å². The molecule has 3 N–H and O–H groups in total. The van der Waals surface area contributed by atoms with Crippen molar-refractivity contribution in [3.05, 3.63) is 36.9 Å². The maximum absolute atomic E-state index is 10.7. The minimum absolute atomic E-state index is 0.0463. The smallest absolute Gasteiger partial charge is 0.274 e. The molecule has 0 spiro atoms. The fourth-order valence-corrected chi connectivity index (χ4v) is 4.97. The molecular formula is C21H22N6O5S. The summed E-state index contributed by atoms with van der Waals surface area (Å²) in [6.07, 6.45) is -0.0786. The van der Waals surface area contributed by atoms with Gasteiger partial charge >= 0.3 is 0 Å². The van der Waals surface area contributed by atoms with E-state index in [0.29, 0.717) is 35.4 Å². The second kappa shape index (κ2) is 8.47. The summed E-state index contributed by atoms with van der Waals surface area (Å²) < 4.78 is 19.8. The fourth-order valence-electron chi connectivity index (χ4n) is 4.15. The van der Waals surface area contributed by atoms with Crippen molar-refractivity contribution in [1.82, 2.24) is 24.5 Å². The average molecular weight is 471 g/mol. The van der Waals surface area contributed by atoms with Gasteiger partial charge in [-0.2, -0.15) is 0 Å². The molecular weight excluding hydrogens is 448 g/mol. The number of thiazole rings is 1. The largest absolute Gasteiger partial charge is 0.467 e. The molecule has 2 saturated heterocycles. The Kier molecular flexibility index (Phi) is 5.31. The van der Waals surface area contributed by atoms with Crippen molar-refractivity contribution in [3.63, 3.8) is 0 Å². The molecule has 0 aliphatic carbocycles. The van der Waals surface area contributed by atoms with Gasteiger partial charge in [0.2, 0.25) is 0 Å². The first kappa shape index (κ1) is 20.7. The van der Waals surface area contributed by atoms with Gasteiger partial charge in [0, 0.05) is 6.61 Å². The number of para-hydroxylation sites is 1. The van der Waals surface area contributed by atoms with Crippen LogP contribution in [0.2, 0.25) is 0 Å². The molecule has 0 amide bonds. The Morgan fingerprint density at radius 2 is 2.09 bits per heavy atom. The van der Waals surface area contributed by atoms with Gasteiger partial charge < -0.3 is 29.7 Å². The van der Waals surface area contributed by atoms with Gasteiger partial charge in [0.15, 0.2) is 23.2 Å². The number of rotatable bonds is 6. The monoisotopic (exact) mass is 470 g/mol. The summed E-state index contributed by atoms with van der Waals surface area (Å²) in [4.78, 5) is 17.5. The number of benzene rings is 1. The summed E-state index contributed by atoms with van der Waals surface area (Å²) in [5.41, 5.74) is 1.90. The van der Waals surface area contributed by atoms with Gasteiger partial charge in [-0.05, 0) is 18.6 Å². The summed E-state index contributed by atoms with van der Waals surface area (Å²) >= 11 is 1.42. The topological polar surface area (TPSA) is 137 Å². The molecule has 3 aromatic heterocycles. The maximum atomic E-state index is 10.7. The molecule has 0 saturated carbocycles. The number of aliphatic hydroxyl groups is 2. The van der Waals surface area contributed by atoms with Crippen molar-refractivity contribution in [2.45, 2.75) is 37.0 Å². The van der Waals surface area contributed by atoms with Crippen molar-refractivity contribution in [2.75, 3.05) is 25.1 Å². The van der Waals surface area contributed by atoms with E-state index in [0.717, 1.165) is 16.6 Å². The lowest BCUT2D eigenvalue weighted by Crippen LogP contribution is -2.34. The predicted molar refractivity (Wildman–Crippen MR) is 119 cm³/mol. The Balaban J connectivity index is 1.19. The van der Waals surface area contributed by atoms with Gasteiger partial charge in [-0.15, -0.1) is 0 Å². The SMILES string of the molecule is O[C@@H]1[C@H](O)[C@H](n2cnc3c(NC4CCOC4)ncnc32)O[C@@H]1COc1nc2ccccc2s1. The summed E-state index contributed by atoms with van der Waals surface area (Å²) in [7, 11) is 0. The van der Waals surface area contributed by atoms with Gasteiger partial charge in [0.1, 0.15) is 31.2 Å². The third kappa shape index (κ3) is 3.79. The Morgan fingerprint density at radius 1 is 1.18 bits per heavy atom. The van der Waals surface area contributed by atoms with Crippen LogP contribution in [0.5, 0.6) is 5.19 Å². The van der Waals surface area contributed by atoms with Crippen LogP contribution in [0, 0.1) is 0 Å². The van der Waals surface area contributed by atoms with Crippen LogP contribution >= 0.6 is 11.3 Å². The molecule has 11 nitrogen and oxygen atoms in total. The van der Waals surface area contributed by atoms with Crippen LogP contribution in [0.25, 0.3) is 21.4 Å². The van der Waals surface area contributed by atoms with E-state index in [1.165, 1.54) is 24.0 Å². The Labute approximate surface area is 192 Å².